The molecular weight excluding hydrogens is 333 g/mol. The van der Waals surface area contributed by atoms with E-state index in [9.17, 15) is 18.0 Å². The summed E-state index contributed by atoms with van der Waals surface area (Å²) in [6.45, 7) is 0.883. The van der Waals surface area contributed by atoms with Crippen molar-refractivity contribution in [2.24, 2.45) is 0 Å². The molecule has 0 atom stereocenters. The smallest absolute Gasteiger partial charge is 0.406 e. The van der Waals surface area contributed by atoms with Crippen LogP contribution in [0.5, 0.6) is 5.75 Å². The molecule has 2 aromatic rings. The Kier molecular flexibility index (Phi) is 6.27. The number of amides is 2. The van der Waals surface area contributed by atoms with E-state index in [1.54, 1.807) is 24.1 Å². The number of nitrogens with zero attached hydrogens (tertiary/aromatic N) is 1. The number of halogens is 3. The lowest BCUT2D eigenvalue weighted by molar-refractivity contribution is -0.274. The Labute approximate surface area is 144 Å². The van der Waals surface area contributed by atoms with E-state index >= 15 is 0 Å². The highest BCUT2D eigenvalue weighted by Crippen LogP contribution is 2.22. The first-order valence-electron chi connectivity index (χ1n) is 7.71. The van der Waals surface area contributed by atoms with E-state index in [0.717, 1.165) is 11.1 Å². The van der Waals surface area contributed by atoms with Gasteiger partial charge in [0.15, 0.2) is 0 Å². The minimum absolute atomic E-state index is 0.208. The predicted octanol–water partition coefficient (Wildman–Crippen LogP) is 3.97. The molecule has 0 radical (unpaired) electrons. The number of ether oxygens (including phenoxy) is 1. The van der Waals surface area contributed by atoms with Gasteiger partial charge in [-0.25, -0.2) is 4.79 Å². The highest BCUT2D eigenvalue weighted by molar-refractivity contribution is 5.73. The van der Waals surface area contributed by atoms with Crippen molar-refractivity contribution in [3.05, 3.63) is 65.7 Å². The Hall–Kier alpha value is -2.70. The largest absolute Gasteiger partial charge is 0.573 e. The highest BCUT2D eigenvalue weighted by Gasteiger charge is 2.30. The van der Waals surface area contributed by atoms with E-state index < -0.39 is 6.36 Å². The van der Waals surface area contributed by atoms with Crippen LogP contribution in [0.3, 0.4) is 0 Å². The molecule has 134 valence electrons. The lowest BCUT2D eigenvalue weighted by Crippen LogP contribution is -2.37. The second-order valence-corrected chi connectivity index (χ2v) is 5.52. The SMILES string of the molecule is CN(Cc1ccccc1)C(=O)NCCc1ccc(OC(F)(F)F)cc1. The lowest BCUT2D eigenvalue weighted by Gasteiger charge is -2.18. The summed E-state index contributed by atoms with van der Waals surface area (Å²) in [4.78, 5) is 13.6. The summed E-state index contributed by atoms with van der Waals surface area (Å²) < 4.78 is 40.1. The number of carbonyl (C=O) groups is 1. The van der Waals surface area contributed by atoms with Gasteiger partial charge >= 0.3 is 12.4 Å². The van der Waals surface area contributed by atoms with Crippen LogP contribution >= 0.6 is 0 Å². The van der Waals surface area contributed by atoms with Gasteiger partial charge in [-0.1, -0.05) is 42.5 Å². The molecule has 0 bridgehead atoms. The average Bonchev–Trinajstić information content (AvgIpc) is 2.56. The minimum Gasteiger partial charge on any atom is -0.406 e. The van der Waals surface area contributed by atoms with Crippen molar-refractivity contribution in [3.8, 4) is 5.75 Å². The maximum absolute atomic E-state index is 12.1. The first-order valence-corrected chi connectivity index (χ1v) is 7.71. The lowest BCUT2D eigenvalue weighted by atomic mass is 10.1. The third kappa shape index (κ3) is 6.74. The van der Waals surface area contributed by atoms with Crippen LogP contribution in [0.1, 0.15) is 11.1 Å². The quantitative estimate of drug-likeness (QED) is 0.855. The van der Waals surface area contributed by atoms with Crippen LogP contribution in [0, 0.1) is 0 Å². The number of hydrogen-bond donors (Lipinski definition) is 1. The summed E-state index contributed by atoms with van der Waals surface area (Å²) in [5.41, 5.74) is 1.83. The number of alkyl halides is 3. The van der Waals surface area contributed by atoms with Crippen molar-refractivity contribution < 1.29 is 22.7 Å². The van der Waals surface area contributed by atoms with Gasteiger partial charge in [-0.3, -0.25) is 0 Å². The molecule has 7 heteroatoms. The van der Waals surface area contributed by atoms with Gasteiger partial charge in [-0.2, -0.15) is 0 Å². The van der Waals surface area contributed by atoms with Gasteiger partial charge in [0.1, 0.15) is 5.75 Å². The molecule has 0 fully saturated rings. The summed E-state index contributed by atoms with van der Waals surface area (Å²) in [7, 11) is 1.70. The summed E-state index contributed by atoms with van der Waals surface area (Å²) >= 11 is 0. The fraction of sp³-hybridized carbons (Fsp3) is 0.278. The molecule has 0 aliphatic rings. The fourth-order valence-electron chi connectivity index (χ4n) is 2.24. The molecule has 0 unspecified atom stereocenters. The molecule has 2 amide bonds. The van der Waals surface area contributed by atoms with Gasteiger partial charge in [-0.05, 0) is 29.7 Å². The molecule has 0 spiro atoms. The normalized spacial score (nSPS) is 11.0. The summed E-state index contributed by atoms with van der Waals surface area (Å²) in [5, 5.41) is 2.78. The molecule has 0 aliphatic carbocycles. The monoisotopic (exact) mass is 352 g/mol. The average molecular weight is 352 g/mol. The topological polar surface area (TPSA) is 41.6 Å². The van der Waals surface area contributed by atoms with Gasteiger partial charge in [-0.15, -0.1) is 13.2 Å². The molecule has 25 heavy (non-hydrogen) atoms. The Morgan fingerprint density at radius 2 is 1.68 bits per heavy atom. The Morgan fingerprint density at radius 3 is 2.28 bits per heavy atom. The molecule has 0 aromatic heterocycles. The first kappa shape index (κ1) is 18.6. The van der Waals surface area contributed by atoms with E-state index in [4.69, 9.17) is 0 Å². The molecule has 2 rings (SSSR count). The molecule has 1 N–H and O–H groups in total. The molecule has 2 aromatic carbocycles. The van der Waals surface area contributed by atoms with Crippen LogP contribution in [0.25, 0.3) is 0 Å². The van der Waals surface area contributed by atoms with E-state index in [2.05, 4.69) is 10.1 Å². The van der Waals surface area contributed by atoms with Gasteiger partial charge in [0.25, 0.3) is 0 Å². The maximum Gasteiger partial charge on any atom is 0.573 e. The molecular formula is C18H19F3N2O2. The highest BCUT2D eigenvalue weighted by atomic mass is 19.4. The Bertz CT molecular complexity index is 673. The summed E-state index contributed by atoms with van der Waals surface area (Å²) in [5.74, 6) is -0.261. The van der Waals surface area contributed by atoms with Crippen molar-refractivity contribution in [2.75, 3.05) is 13.6 Å². The second kappa shape index (κ2) is 8.41. The molecule has 0 saturated heterocycles. The number of nitrogens with one attached hydrogen (secondary N) is 1. The number of urea groups is 1. The van der Waals surface area contributed by atoms with E-state index in [-0.39, 0.29) is 11.8 Å². The molecule has 4 nitrogen and oxygen atoms in total. The van der Waals surface area contributed by atoms with Crippen LogP contribution in [-0.2, 0) is 13.0 Å². The van der Waals surface area contributed by atoms with Crippen LogP contribution in [-0.4, -0.2) is 30.9 Å². The summed E-state index contributed by atoms with van der Waals surface area (Å²) in [6.07, 6.45) is -4.18. The molecule has 0 saturated carbocycles. The number of benzene rings is 2. The van der Waals surface area contributed by atoms with Crippen molar-refractivity contribution >= 4 is 6.03 Å². The number of rotatable bonds is 6. The fourth-order valence-corrected chi connectivity index (χ4v) is 2.24. The zero-order valence-corrected chi connectivity index (χ0v) is 13.7. The van der Waals surface area contributed by atoms with E-state index in [0.29, 0.717) is 19.5 Å². The van der Waals surface area contributed by atoms with Crippen molar-refractivity contribution in [2.45, 2.75) is 19.3 Å². The predicted molar refractivity (Wildman–Crippen MR) is 88.1 cm³/mol. The van der Waals surface area contributed by atoms with Crippen molar-refractivity contribution in [3.63, 3.8) is 0 Å². The molecule has 0 heterocycles. The third-order valence-corrected chi connectivity index (χ3v) is 3.46. The number of hydrogen-bond acceptors (Lipinski definition) is 2. The second-order valence-electron chi connectivity index (χ2n) is 5.52. The molecule has 0 aliphatic heterocycles. The zero-order valence-electron chi connectivity index (χ0n) is 13.7. The standard InChI is InChI=1S/C18H19F3N2O2/c1-23(13-15-5-3-2-4-6-15)17(24)22-12-11-14-7-9-16(10-8-14)25-18(19,20)21/h2-10H,11-13H2,1H3,(H,22,24). The minimum atomic E-state index is -4.70. The van der Waals surface area contributed by atoms with Crippen molar-refractivity contribution in [1.29, 1.82) is 0 Å². The first-order chi connectivity index (χ1) is 11.8. The van der Waals surface area contributed by atoms with Crippen LogP contribution in [0.4, 0.5) is 18.0 Å². The van der Waals surface area contributed by atoms with Gasteiger partial charge < -0.3 is 15.0 Å². The third-order valence-electron chi connectivity index (χ3n) is 3.46. The van der Waals surface area contributed by atoms with Gasteiger partial charge in [0.05, 0.1) is 0 Å². The van der Waals surface area contributed by atoms with Gasteiger partial charge in [0.2, 0.25) is 0 Å². The van der Waals surface area contributed by atoms with Crippen LogP contribution in [0.2, 0.25) is 0 Å². The maximum atomic E-state index is 12.1. The van der Waals surface area contributed by atoms with E-state index in [1.807, 2.05) is 30.3 Å². The Balaban J connectivity index is 1.75. The van der Waals surface area contributed by atoms with E-state index in [1.165, 1.54) is 12.1 Å². The zero-order chi connectivity index (χ0) is 18.3. The van der Waals surface area contributed by atoms with Gasteiger partial charge in [0, 0.05) is 20.1 Å². The number of carbonyl (C=O) groups excluding carboxylic acids is 1. The van der Waals surface area contributed by atoms with Crippen molar-refractivity contribution in [1.82, 2.24) is 10.2 Å². The summed E-state index contributed by atoms with van der Waals surface area (Å²) in [6, 6.07) is 15.0. The van der Waals surface area contributed by atoms with Crippen LogP contribution in [0.15, 0.2) is 54.6 Å². The Morgan fingerprint density at radius 1 is 1.04 bits per heavy atom. The van der Waals surface area contributed by atoms with Crippen LogP contribution < -0.4 is 10.1 Å².